The first-order valence-electron chi connectivity index (χ1n) is 7.63. The van der Waals surface area contributed by atoms with Crippen molar-refractivity contribution in [3.8, 4) is 0 Å². The first kappa shape index (κ1) is 17.4. The molecule has 1 aliphatic rings. The van der Waals surface area contributed by atoms with Crippen LogP contribution in [0.3, 0.4) is 0 Å². The van der Waals surface area contributed by atoms with E-state index in [2.05, 4.69) is 30.7 Å². The summed E-state index contributed by atoms with van der Waals surface area (Å²) >= 11 is 0. The van der Waals surface area contributed by atoms with Crippen molar-refractivity contribution in [3.05, 3.63) is 0 Å². The predicted molar refractivity (Wildman–Crippen MR) is 81.6 cm³/mol. The molecule has 1 saturated heterocycles. The van der Waals surface area contributed by atoms with Gasteiger partial charge in [0.1, 0.15) is 5.54 Å². The fourth-order valence-corrected chi connectivity index (χ4v) is 3.25. The molecule has 1 aliphatic heterocycles. The van der Waals surface area contributed by atoms with Gasteiger partial charge >= 0.3 is 5.97 Å². The van der Waals surface area contributed by atoms with Crippen molar-refractivity contribution in [2.75, 3.05) is 33.8 Å². The minimum Gasteiger partial charge on any atom is -0.468 e. The van der Waals surface area contributed by atoms with E-state index in [-0.39, 0.29) is 12.0 Å². The number of carbonyl (C=O) groups excluding carboxylic acids is 1. The van der Waals surface area contributed by atoms with E-state index in [9.17, 15) is 4.79 Å². The molecule has 1 rings (SSSR count). The fraction of sp³-hybridized carbons (Fsp3) is 0.933. The lowest BCUT2D eigenvalue weighted by Gasteiger charge is -2.38. The van der Waals surface area contributed by atoms with E-state index >= 15 is 0 Å². The molecule has 1 fully saturated rings. The summed E-state index contributed by atoms with van der Waals surface area (Å²) in [6, 6.07) is 0.812. The molecule has 0 saturated carbocycles. The molecule has 0 spiro atoms. The molecule has 20 heavy (non-hydrogen) atoms. The maximum absolute atomic E-state index is 11.7. The molecule has 2 N–H and O–H groups in total. The Bertz CT molecular complexity index is 320. The number of methoxy groups -OCH3 is 1. The van der Waals surface area contributed by atoms with Gasteiger partial charge in [-0.1, -0.05) is 6.92 Å². The van der Waals surface area contributed by atoms with Crippen molar-refractivity contribution in [3.63, 3.8) is 0 Å². The number of nitrogens with two attached hydrogens (primary N) is 1. The Morgan fingerprint density at radius 2 is 2.15 bits per heavy atom. The van der Waals surface area contributed by atoms with Crippen molar-refractivity contribution >= 4 is 5.97 Å². The standard InChI is InChI=1S/C15H31N3O2/c1-6-13-11-17(4)8-7-9-18(13)12(2)10-15(3,16)14(19)20-5/h12-13H,6-11,16H2,1-5H3. The Kier molecular flexibility index (Phi) is 6.43. The summed E-state index contributed by atoms with van der Waals surface area (Å²) in [6.07, 6.45) is 2.91. The molecule has 0 aromatic carbocycles. The number of nitrogens with zero attached hydrogens (tertiary/aromatic N) is 2. The summed E-state index contributed by atoms with van der Waals surface area (Å²) in [4.78, 5) is 16.7. The second kappa shape index (κ2) is 7.38. The fourth-order valence-electron chi connectivity index (χ4n) is 3.25. The van der Waals surface area contributed by atoms with Crippen LogP contribution in [0.15, 0.2) is 0 Å². The largest absolute Gasteiger partial charge is 0.468 e. The lowest BCUT2D eigenvalue weighted by atomic mass is 9.93. The Morgan fingerprint density at radius 1 is 1.50 bits per heavy atom. The quantitative estimate of drug-likeness (QED) is 0.766. The zero-order chi connectivity index (χ0) is 15.3. The minimum atomic E-state index is -0.912. The second-order valence-corrected chi connectivity index (χ2v) is 6.38. The van der Waals surface area contributed by atoms with Crippen molar-refractivity contribution in [2.45, 2.75) is 57.7 Å². The summed E-state index contributed by atoms with van der Waals surface area (Å²) in [7, 11) is 3.58. The molecule has 5 heteroatoms. The smallest absolute Gasteiger partial charge is 0.325 e. The molecular weight excluding hydrogens is 254 g/mol. The Balaban J connectivity index is 2.73. The van der Waals surface area contributed by atoms with Crippen LogP contribution in [0.1, 0.15) is 40.0 Å². The van der Waals surface area contributed by atoms with E-state index in [0.717, 1.165) is 32.5 Å². The highest BCUT2D eigenvalue weighted by molar-refractivity contribution is 5.79. The number of rotatable bonds is 5. The minimum absolute atomic E-state index is 0.278. The molecule has 5 nitrogen and oxygen atoms in total. The third-order valence-corrected chi connectivity index (χ3v) is 4.36. The molecule has 0 radical (unpaired) electrons. The normalized spacial score (nSPS) is 26.6. The number of hydrogen-bond acceptors (Lipinski definition) is 5. The van der Waals surface area contributed by atoms with E-state index < -0.39 is 5.54 Å². The molecule has 3 unspecified atom stereocenters. The highest BCUT2D eigenvalue weighted by Crippen LogP contribution is 2.21. The molecule has 0 aromatic rings. The average Bonchev–Trinajstić information content (AvgIpc) is 2.58. The van der Waals surface area contributed by atoms with Crippen LogP contribution in [-0.2, 0) is 9.53 Å². The molecule has 0 aliphatic carbocycles. The van der Waals surface area contributed by atoms with Gasteiger partial charge in [0.2, 0.25) is 0 Å². The van der Waals surface area contributed by atoms with Crippen LogP contribution in [0.4, 0.5) is 0 Å². The molecule has 3 atom stereocenters. The van der Waals surface area contributed by atoms with Crippen LogP contribution < -0.4 is 5.73 Å². The molecule has 0 aromatic heterocycles. The van der Waals surface area contributed by atoms with E-state index in [4.69, 9.17) is 10.5 Å². The summed E-state index contributed by atoms with van der Waals surface area (Å²) in [5, 5.41) is 0. The third-order valence-electron chi connectivity index (χ3n) is 4.36. The molecule has 0 bridgehead atoms. The van der Waals surface area contributed by atoms with Gasteiger partial charge in [-0.25, -0.2) is 0 Å². The van der Waals surface area contributed by atoms with Gasteiger partial charge in [-0.05, 0) is 53.2 Å². The van der Waals surface area contributed by atoms with Gasteiger partial charge in [-0.3, -0.25) is 9.69 Å². The molecule has 0 amide bonds. The molecule has 118 valence electrons. The highest BCUT2D eigenvalue weighted by Gasteiger charge is 2.35. The van der Waals surface area contributed by atoms with Gasteiger partial charge in [0, 0.05) is 18.6 Å². The van der Waals surface area contributed by atoms with Crippen molar-refractivity contribution in [2.24, 2.45) is 5.73 Å². The van der Waals surface area contributed by atoms with E-state index in [1.165, 1.54) is 7.11 Å². The SMILES string of the molecule is CCC1CN(C)CCCN1C(C)CC(C)(N)C(=O)OC. The lowest BCUT2D eigenvalue weighted by Crippen LogP contribution is -2.53. The number of carbonyl (C=O) groups is 1. The van der Waals surface area contributed by atoms with Crippen LogP contribution >= 0.6 is 0 Å². The first-order chi connectivity index (χ1) is 9.31. The maximum Gasteiger partial charge on any atom is 0.325 e. The number of hydrogen-bond donors (Lipinski definition) is 1. The van der Waals surface area contributed by atoms with Gasteiger partial charge in [0.15, 0.2) is 0 Å². The van der Waals surface area contributed by atoms with Gasteiger partial charge in [0.25, 0.3) is 0 Å². The van der Waals surface area contributed by atoms with Crippen LogP contribution in [-0.4, -0.2) is 67.2 Å². The lowest BCUT2D eigenvalue weighted by molar-refractivity contribution is -0.147. The van der Waals surface area contributed by atoms with Gasteiger partial charge < -0.3 is 15.4 Å². The zero-order valence-corrected chi connectivity index (χ0v) is 13.7. The third kappa shape index (κ3) is 4.43. The topological polar surface area (TPSA) is 58.8 Å². The monoisotopic (exact) mass is 285 g/mol. The number of likely N-dealkylation sites (N-methyl/N-ethyl adjacent to an activating group) is 1. The summed E-state index contributed by atoms with van der Waals surface area (Å²) in [5.74, 6) is -0.329. The Morgan fingerprint density at radius 3 is 2.70 bits per heavy atom. The summed E-state index contributed by atoms with van der Waals surface area (Å²) in [5.41, 5.74) is 5.21. The van der Waals surface area contributed by atoms with Gasteiger partial charge in [-0.15, -0.1) is 0 Å². The van der Waals surface area contributed by atoms with Crippen LogP contribution in [0.2, 0.25) is 0 Å². The second-order valence-electron chi connectivity index (χ2n) is 6.38. The van der Waals surface area contributed by atoms with Gasteiger partial charge in [0.05, 0.1) is 7.11 Å². The van der Waals surface area contributed by atoms with Crippen LogP contribution in [0.5, 0.6) is 0 Å². The summed E-state index contributed by atoms with van der Waals surface area (Å²) in [6.45, 7) is 9.45. The maximum atomic E-state index is 11.7. The zero-order valence-electron chi connectivity index (χ0n) is 13.7. The predicted octanol–water partition coefficient (Wildman–Crippen LogP) is 1.07. The number of esters is 1. The summed E-state index contributed by atoms with van der Waals surface area (Å²) < 4.78 is 4.81. The van der Waals surface area contributed by atoms with Gasteiger partial charge in [-0.2, -0.15) is 0 Å². The van der Waals surface area contributed by atoms with E-state index in [0.29, 0.717) is 12.5 Å². The molecular formula is C15H31N3O2. The molecule has 1 heterocycles. The number of ether oxygens (including phenoxy) is 1. The van der Waals surface area contributed by atoms with Crippen LogP contribution in [0, 0.1) is 0 Å². The van der Waals surface area contributed by atoms with Crippen molar-refractivity contribution < 1.29 is 9.53 Å². The Labute approximate surface area is 123 Å². The highest BCUT2D eigenvalue weighted by atomic mass is 16.5. The van der Waals surface area contributed by atoms with Crippen molar-refractivity contribution in [1.82, 2.24) is 9.80 Å². The first-order valence-corrected chi connectivity index (χ1v) is 7.63. The van der Waals surface area contributed by atoms with E-state index in [1.807, 2.05) is 0 Å². The average molecular weight is 285 g/mol. The van der Waals surface area contributed by atoms with Crippen LogP contribution in [0.25, 0.3) is 0 Å². The van der Waals surface area contributed by atoms with Crippen molar-refractivity contribution in [1.29, 1.82) is 0 Å². The Hall–Kier alpha value is -0.650. The van der Waals surface area contributed by atoms with E-state index in [1.54, 1.807) is 6.92 Å².